The highest BCUT2D eigenvalue weighted by Crippen LogP contribution is 2.66. The average Bonchev–Trinajstić information content (AvgIpc) is 3.09. The van der Waals surface area contributed by atoms with Crippen molar-refractivity contribution in [1.29, 1.82) is 0 Å². The van der Waals surface area contributed by atoms with Gasteiger partial charge in [0.15, 0.2) is 0 Å². The molecule has 12 atom stereocenters. The van der Waals surface area contributed by atoms with Gasteiger partial charge in [-0.3, -0.25) is 9.69 Å². The van der Waals surface area contributed by atoms with Gasteiger partial charge in [-0.25, -0.2) is 0 Å². The van der Waals surface area contributed by atoms with Crippen molar-refractivity contribution in [3.63, 3.8) is 0 Å². The van der Waals surface area contributed by atoms with Crippen molar-refractivity contribution in [2.24, 2.45) is 52.8 Å². The zero-order valence-corrected chi connectivity index (χ0v) is 19.8. The molecule has 2 N–H and O–H groups in total. The summed E-state index contributed by atoms with van der Waals surface area (Å²) in [6.07, 6.45) is 9.08. The molecule has 0 aromatic rings. The number of carbonyl (C=O) groups is 1. The minimum absolute atomic E-state index is 0.0789. The Labute approximate surface area is 188 Å². The molecule has 4 saturated carbocycles. The molecule has 2 heterocycles. The highest BCUT2D eigenvalue weighted by Gasteiger charge is 2.64. The largest absolute Gasteiger partial charge is 0.393 e. The number of fused-ring (bicyclic) bond motifs is 8. The molecule has 0 bridgehead atoms. The van der Waals surface area contributed by atoms with Crippen LogP contribution >= 0.6 is 0 Å². The van der Waals surface area contributed by atoms with E-state index in [0.29, 0.717) is 53.8 Å². The number of ketones is 1. The van der Waals surface area contributed by atoms with E-state index in [1.165, 1.54) is 25.8 Å². The molecule has 4 aliphatic carbocycles. The van der Waals surface area contributed by atoms with E-state index in [-0.39, 0.29) is 17.4 Å². The monoisotopic (exact) mass is 429 g/mol. The Morgan fingerprint density at radius 1 is 0.903 bits per heavy atom. The predicted molar refractivity (Wildman–Crippen MR) is 120 cm³/mol. The van der Waals surface area contributed by atoms with Gasteiger partial charge in [0.2, 0.25) is 0 Å². The second-order valence-corrected chi connectivity index (χ2v) is 13.2. The van der Waals surface area contributed by atoms with E-state index >= 15 is 0 Å². The third-order valence-electron chi connectivity index (χ3n) is 11.8. The topological polar surface area (TPSA) is 60.8 Å². The van der Waals surface area contributed by atoms with Crippen LogP contribution in [0.5, 0.6) is 0 Å². The van der Waals surface area contributed by atoms with Crippen LogP contribution in [0.1, 0.15) is 78.6 Å². The van der Waals surface area contributed by atoms with Gasteiger partial charge in [0.05, 0.1) is 11.7 Å². The molecule has 6 rings (SSSR count). The molecular formula is C27H43NO3. The van der Waals surface area contributed by atoms with E-state index in [9.17, 15) is 15.0 Å². The van der Waals surface area contributed by atoms with Crippen molar-refractivity contribution in [1.82, 2.24) is 4.90 Å². The van der Waals surface area contributed by atoms with Gasteiger partial charge in [0.25, 0.3) is 0 Å². The first kappa shape index (κ1) is 21.1. The lowest BCUT2D eigenvalue weighted by Gasteiger charge is -2.59. The Balaban J connectivity index is 1.31. The van der Waals surface area contributed by atoms with Crippen molar-refractivity contribution in [3.05, 3.63) is 0 Å². The molecule has 0 aromatic carbocycles. The maximum atomic E-state index is 13.2. The average molecular weight is 430 g/mol. The third-order valence-corrected chi connectivity index (χ3v) is 11.8. The summed E-state index contributed by atoms with van der Waals surface area (Å²) in [5.74, 6) is 4.82. The van der Waals surface area contributed by atoms with Crippen molar-refractivity contribution < 1.29 is 15.0 Å². The molecule has 6 aliphatic rings. The molecule has 31 heavy (non-hydrogen) atoms. The van der Waals surface area contributed by atoms with Crippen LogP contribution < -0.4 is 0 Å². The van der Waals surface area contributed by atoms with E-state index in [4.69, 9.17) is 0 Å². The number of carbonyl (C=O) groups excluding carboxylic acids is 1. The summed E-state index contributed by atoms with van der Waals surface area (Å²) in [5.41, 5.74) is -0.482. The van der Waals surface area contributed by atoms with Gasteiger partial charge in [-0.05, 0) is 105 Å². The molecule has 0 amide bonds. The van der Waals surface area contributed by atoms with Crippen LogP contribution in [0.15, 0.2) is 0 Å². The number of Topliss-reactive ketones (excluding diaryl/α,β-unsaturated/α-hetero) is 1. The summed E-state index contributed by atoms with van der Waals surface area (Å²) in [7, 11) is 0. The number of piperidine rings is 2. The molecule has 174 valence electrons. The quantitative estimate of drug-likeness (QED) is 0.613. The minimum Gasteiger partial charge on any atom is -0.393 e. The van der Waals surface area contributed by atoms with Gasteiger partial charge in [0, 0.05) is 31.5 Å². The number of nitrogens with zero attached hydrogens (tertiary/aromatic N) is 1. The van der Waals surface area contributed by atoms with E-state index in [0.717, 1.165) is 44.6 Å². The first-order chi connectivity index (χ1) is 14.7. The summed E-state index contributed by atoms with van der Waals surface area (Å²) in [6.45, 7) is 9.23. The van der Waals surface area contributed by atoms with Crippen molar-refractivity contribution >= 4 is 5.78 Å². The highest BCUT2D eigenvalue weighted by atomic mass is 16.3. The van der Waals surface area contributed by atoms with Gasteiger partial charge in [0.1, 0.15) is 5.78 Å². The van der Waals surface area contributed by atoms with Crippen LogP contribution in [-0.2, 0) is 4.79 Å². The molecule has 0 unspecified atom stereocenters. The third kappa shape index (κ3) is 2.93. The molecule has 2 saturated heterocycles. The first-order valence-electron chi connectivity index (χ1n) is 13.4. The van der Waals surface area contributed by atoms with Crippen molar-refractivity contribution in [3.8, 4) is 0 Å². The predicted octanol–water partition coefficient (Wildman–Crippen LogP) is 3.89. The number of hydrogen-bond donors (Lipinski definition) is 2. The van der Waals surface area contributed by atoms with Crippen molar-refractivity contribution in [2.75, 3.05) is 13.1 Å². The first-order valence-corrected chi connectivity index (χ1v) is 13.4. The fourth-order valence-corrected chi connectivity index (χ4v) is 10.4. The van der Waals surface area contributed by atoms with Crippen LogP contribution in [0.4, 0.5) is 0 Å². The van der Waals surface area contributed by atoms with E-state index < -0.39 is 5.60 Å². The Hall–Kier alpha value is -0.450. The van der Waals surface area contributed by atoms with E-state index in [1.807, 2.05) is 0 Å². The normalized spacial score (nSPS) is 59.2. The second-order valence-electron chi connectivity index (χ2n) is 13.2. The lowest BCUT2D eigenvalue weighted by molar-refractivity contribution is -0.175. The van der Waals surface area contributed by atoms with E-state index in [2.05, 4.69) is 25.7 Å². The SMILES string of the molecule is C[C@H]1CC[C@@H]2N(C1)C[C@H]1[C@@H]3C[C@H]4[C@@H](CC(=O)[C@@H]5C[C@H](O)CC[C@@]54C)[C@@H]3CC[C@H]1[C@]2(C)O. The van der Waals surface area contributed by atoms with Gasteiger partial charge in [-0.1, -0.05) is 13.8 Å². The van der Waals surface area contributed by atoms with Crippen LogP contribution in [0.3, 0.4) is 0 Å². The van der Waals surface area contributed by atoms with Gasteiger partial charge < -0.3 is 10.2 Å². The summed E-state index contributed by atoms with van der Waals surface area (Å²) in [5, 5.41) is 22.1. The Morgan fingerprint density at radius 2 is 1.71 bits per heavy atom. The van der Waals surface area contributed by atoms with Gasteiger partial charge in [-0.15, -0.1) is 0 Å². The summed E-state index contributed by atoms with van der Waals surface area (Å²) in [6, 6.07) is 0.341. The maximum absolute atomic E-state index is 13.2. The standard InChI is InChI=1S/C27H43NO3/c1-15-4-7-25-27(3,31)21-6-5-17-18(20(21)14-28(25)13-15)11-22-19(17)12-24(30)23-10-16(29)8-9-26(22,23)2/h15-23,25,29,31H,4-14H2,1-3H3/t15-,16+,17+,18+,19-,20-,21+,22-,23-,25-,26+,27-/m0/s1. The fraction of sp³-hybridized carbons (Fsp3) is 0.963. The Bertz CT molecular complexity index is 751. The number of aliphatic hydroxyl groups is 2. The lowest BCUT2D eigenvalue weighted by Crippen LogP contribution is -2.67. The molecule has 4 heteroatoms. The molecule has 6 fully saturated rings. The zero-order valence-electron chi connectivity index (χ0n) is 19.8. The molecule has 2 aliphatic heterocycles. The molecular weight excluding hydrogens is 386 g/mol. The number of rotatable bonds is 0. The van der Waals surface area contributed by atoms with Crippen molar-refractivity contribution in [2.45, 2.75) is 96.3 Å². The van der Waals surface area contributed by atoms with Crippen LogP contribution in [-0.4, -0.2) is 51.7 Å². The van der Waals surface area contributed by atoms with Crippen LogP contribution in [0, 0.1) is 52.8 Å². The Morgan fingerprint density at radius 3 is 2.52 bits per heavy atom. The second kappa shape index (κ2) is 7.03. The summed E-state index contributed by atoms with van der Waals surface area (Å²) in [4.78, 5) is 15.9. The summed E-state index contributed by atoms with van der Waals surface area (Å²) < 4.78 is 0. The molecule has 4 nitrogen and oxygen atoms in total. The van der Waals surface area contributed by atoms with Gasteiger partial charge in [-0.2, -0.15) is 0 Å². The van der Waals surface area contributed by atoms with Crippen LogP contribution in [0.25, 0.3) is 0 Å². The maximum Gasteiger partial charge on any atom is 0.136 e. The van der Waals surface area contributed by atoms with Crippen LogP contribution in [0.2, 0.25) is 0 Å². The fourth-order valence-electron chi connectivity index (χ4n) is 10.4. The molecule has 0 aromatic heterocycles. The summed E-state index contributed by atoms with van der Waals surface area (Å²) >= 11 is 0. The minimum atomic E-state index is -0.570. The zero-order chi connectivity index (χ0) is 21.7. The van der Waals surface area contributed by atoms with Gasteiger partial charge >= 0.3 is 0 Å². The number of aliphatic hydroxyl groups excluding tert-OH is 1. The lowest BCUT2D eigenvalue weighted by atomic mass is 9.51. The smallest absolute Gasteiger partial charge is 0.136 e. The van der Waals surface area contributed by atoms with E-state index in [1.54, 1.807) is 0 Å². The molecule has 0 spiro atoms. The molecule has 0 radical (unpaired) electrons. The number of hydrogen-bond acceptors (Lipinski definition) is 4. The highest BCUT2D eigenvalue weighted by molar-refractivity contribution is 5.83. The Kier molecular flexibility index (Phi) is 4.78.